The van der Waals surface area contributed by atoms with Crippen LogP contribution in [0.15, 0.2) is 30.3 Å². The molecule has 0 aromatic heterocycles. The van der Waals surface area contributed by atoms with Gasteiger partial charge in [0.25, 0.3) is 0 Å². The summed E-state index contributed by atoms with van der Waals surface area (Å²) in [6.07, 6.45) is 0. The highest BCUT2D eigenvalue weighted by Gasteiger charge is 2.26. The van der Waals surface area contributed by atoms with Crippen molar-refractivity contribution in [1.29, 1.82) is 0 Å². The number of halogens is 1. The lowest BCUT2D eigenvalue weighted by Gasteiger charge is -2.34. The predicted molar refractivity (Wildman–Crippen MR) is 90.8 cm³/mol. The van der Waals surface area contributed by atoms with Crippen LogP contribution in [0.4, 0.5) is 0 Å². The fourth-order valence-electron chi connectivity index (χ4n) is 2.50. The molecule has 0 unspecified atom stereocenters. The number of carbonyl (C=O) groups is 1. The maximum atomic E-state index is 12.2. The van der Waals surface area contributed by atoms with Crippen molar-refractivity contribution in [3.05, 3.63) is 35.9 Å². The van der Waals surface area contributed by atoms with Crippen molar-refractivity contribution in [2.45, 2.75) is 6.54 Å². The lowest BCUT2D eigenvalue weighted by molar-refractivity contribution is -0.118. The summed E-state index contributed by atoms with van der Waals surface area (Å²) in [7, 11) is -3.33. The minimum absolute atomic E-state index is 0.0890. The highest BCUT2D eigenvalue weighted by Crippen LogP contribution is 2.11. The molecule has 0 radical (unpaired) electrons. The van der Waals surface area contributed by atoms with Crippen LogP contribution in [0.5, 0.6) is 0 Å². The Hall–Kier alpha value is -1.15. The number of alkyl halides is 1. The van der Waals surface area contributed by atoms with E-state index in [9.17, 15) is 13.2 Å². The number of hydrogen-bond acceptors (Lipinski definition) is 4. The van der Waals surface area contributed by atoms with Gasteiger partial charge < -0.3 is 5.32 Å². The van der Waals surface area contributed by atoms with Gasteiger partial charge in [-0.15, -0.1) is 11.6 Å². The summed E-state index contributed by atoms with van der Waals surface area (Å²) >= 11 is 5.36. The van der Waals surface area contributed by atoms with Gasteiger partial charge in [0.2, 0.25) is 15.9 Å². The Kier molecular flexibility index (Phi) is 6.83. The van der Waals surface area contributed by atoms with Gasteiger partial charge in [-0.25, -0.2) is 8.42 Å². The molecule has 0 bridgehead atoms. The van der Waals surface area contributed by atoms with Gasteiger partial charge in [-0.05, 0) is 5.56 Å². The van der Waals surface area contributed by atoms with E-state index in [2.05, 4.69) is 22.3 Å². The second-order valence-electron chi connectivity index (χ2n) is 5.46. The molecule has 0 spiro atoms. The quantitative estimate of drug-likeness (QED) is 0.719. The van der Waals surface area contributed by atoms with Crippen LogP contribution in [0.25, 0.3) is 0 Å². The van der Waals surface area contributed by atoms with Crippen LogP contribution in [0.1, 0.15) is 5.56 Å². The minimum atomic E-state index is -3.33. The molecule has 1 amide bonds. The summed E-state index contributed by atoms with van der Waals surface area (Å²) in [5, 5.41) is 2.48. The number of benzene rings is 1. The van der Waals surface area contributed by atoms with E-state index in [1.54, 1.807) is 0 Å². The highest BCUT2D eigenvalue weighted by molar-refractivity contribution is 7.89. The standard InChI is InChI=1S/C15H22ClN3O3S/c16-12-15(20)17-6-11-23(21,22)19-9-7-18(8-10-19)13-14-4-2-1-3-5-14/h1-5H,6-13H2,(H,17,20). The summed E-state index contributed by atoms with van der Waals surface area (Å²) in [6, 6.07) is 10.1. The van der Waals surface area contributed by atoms with E-state index in [-0.39, 0.29) is 24.1 Å². The molecule has 1 aromatic rings. The van der Waals surface area contributed by atoms with Crippen LogP contribution >= 0.6 is 11.6 Å². The molecule has 0 atom stereocenters. The Labute approximate surface area is 142 Å². The van der Waals surface area contributed by atoms with E-state index < -0.39 is 10.0 Å². The summed E-state index contributed by atoms with van der Waals surface area (Å²) in [4.78, 5) is 13.3. The average Bonchev–Trinajstić information content (AvgIpc) is 2.56. The van der Waals surface area contributed by atoms with Crippen LogP contribution in [0, 0.1) is 0 Å². The van der Waals surface area contributed by atoms with Crippen molar-refractivity contribution in [1.82, 2.24) is 14.5 Å². The third-order valence-corrected chi connectivity index (χ3v) is 5.89. The number of amides is 1. The first-order chi connectivity index (χ1) is 11.0. The van der Waals surface area contributed by atoms with Crippen molar-refractivity contribution in [2.24, 2.45) is 0 Å². The van der Waals surface area contributed by atoms with E-state index in [1.165, 1.54) is 9.87 Å². The molecule has 1 heterocycles. The van der Waals surface area contributed by atoms with Crippen LogP contribution in [-0.4, -0.2) is 67.9 Å². The van der Waals surface area contributed by atoms with Crippen LogP contribution in [-0.2, 0) is 21.4 Å². The van der Waals surface area contributed by atoms with Crippen molar-refractivity contribution in [3.63, 3.8) is 0 Å². The molecular weight excluding hydrogens is 338 g/mol. The Morgan fingerprint density at radius 2 is 1.78 bits per heavy atom. The molecule has 8 heteroatoms. The Morgan fingerprint density at radius 3 is 2.39 bits per heavy atom. The number of sulfonamides is 1. The monoisotopic (exact) mass is 359 g/mol. The Balaban J connectivity index is 1.77. The molecule has 128 valence electrons. The normalized spacial score (nSPS) is 17.1. The predicted octanol–water partition coefficient (Wildman–Crippen LogP) is 0.489. The van der Waals surface area contributed by atoms with Crippen molar-refractivity contribution >= 4 is 27.5 Å². The molecule has 1 fully saturated rings. The molecule has 1 aliphatic heterocycles. The Bertz CT molecular complexity index is 602. The van der Waals surface area contributed by atoms with Crippen LogP contribution in [0.3, 0.4) is 0 Å². The first-order valence-electron chi connectivity index (χ1n) is 7.58. The van der Waals surface area contributed by atoms with Crippen LogP contribution < -0.4 is 5.32 Å². The number of nitrogens with zero attached hydrogens (tertiary/aromatic N) is 2. The molecule has 0 saturated carbocycles. The number of hydrogen-bond donors (Lipinski definition) is 1. The van der Waals surface area contributed by atoms with E-state index in [0.717, 1.165) is 6.54 Å². The van der Waals surface area contributed by atoms with Crippen molar-refractivity contribution < 1.29 is 13.2 Å². The number of carbonyl (C=O) groups excluding carboxylic acids is 1. The van der Waals surface area contributed by atoms with Crippen molar-refractivity contribution in [2.75, 3.05) is 44.4 Å². The van der Waals surface area contributed by atoms with Gasteiger partial charge in [-0.1, -0.05) is 30.3 Å². The molecule has 2 rings (SSSR count). The molecule has 1 saturated heterocycles. The molecule has 1 aliphatic rings. The molecule has 6 nitrogen and oxygen atoms in total. The third-order valence-electron chi connectivity index (χ3n) is 3.78. The zero-order chi connectivity index (χ0) is 16.7. The molecule has 23 heavy (non-hydrogen) atoms. The van der Waals surface area contributed by atoms with Gasteiger partial charge in [0.1, 0.15) is 5.88 Å². The average molecular weight is 360 g/mol. The number of rotatable bonds is 7. The summed E-state index contributed by atoms with van der Waals surface area (Å²) in [6.45, 7) is 3.32. The third kappa shape index (κ3) is 5.76. The van der Waals surface area contributed by atoms with Gasteiger partial charge in [-0.3, -0.25) is 9.69 Å². The van der Waals surface area contributed by atoms with Crippen LogP contribution in [0.2, 0.25) is 0 Å². The summed E-state index contributed by atoms with van der Waals surface area (Å²) in [5.74, 6) is -0.596. The van der Waals surface area contributed by atoms with Gasteiger partial charge in [0.15, 0.2) is 0 Å². The molecule has 0 aliphatic carbocycles. The number of piperazine rings is 1. The Morgan fingerprint density at radius 1 is 1.13 bits per heavy atom. The largest absolute Gasteiger partial charge is 0.354 e. The molecule has 1 aromatic carbocycles. The van der Waals surface area contributed by atoms with E-state index in [4.69, 9.17) is 11.6 Å². The highest BCUT2D eigenvalue weighted by atomic mass is 35.5. The smallest absolute Gasteiger partial charge is 0.234 e. The van der Waals surface area contributed by atoms with E-state index in [0.29, 0.717) is 26.2 Å². The SMILES string of the molecule is O=C(CCl)NCCS(=O)(=O)N1CCN(Cc2ccccc2)CC1. The second kappa shape index (κ2) is 8.63. The van der Waals surface area contributed by atoms with Gasteiger partial charge in [0, 0.05) is 39.3 Å². The zero-order valence-electron chi connectivity index (χ0n) is 12.9. The van der Waals surface area contributed by atoms with Gasteiger partial charge >= 0.3 is 0 Å². The van der Waals surface area contributed by atoms with Gasteiger partial charge in [-0.2, -0.15) is 4.31 Å². The zero-order valence-corrected chi connectivity index (χ0v) is 14.5. The maximum absolute atomic E-state index is 12.2. The van der Waals surface area contributed by atoms with E-state index >= 15 is 0 Å². The summed E-state index contributed by atoms with van der Waals surface area (Å²) < 4.78 is 26.0. The van der Waals surface area contributed by atoms with Gasteiger partial charge in [0.05, 0.1) is 5.75 Å². The number of nitrogens with one attached hydrogen (secondary N) is 1. The molecular formula is C15H22ClN3O3S. The second-order valence-corrected chi connectivity index (χ2v) is 7.82. The minimum Gasteiger partial charge on any atom is -0.354 e. The first-order valence-corrected chi connectivity index (χ1v) is 9.72. The lowest BCUT2D eigenvalue weighted by atomic mass is 10.2. The maximum Gasteiger partial charge on any atom is 0.234 e. The van der Waals surface area contributed by atoms with E-state index in [1.807, 2.05) is 18.2 Å². The fourth-order valence-corrected chi connectivity index (χ4v) is 3.94. The first kappa shape index (κ1) is 18.2. The fraction of sp³-hybridized carbons (Fsp3) is 0.533. The molecule has 1 N–H and O–H groups in total. The summed E-state index contributed by atoms with van der Waals surface area (Å²) in [5.41, 5.74) is 1.23. The topological polar surface area (TPSA) is 69.7 Å². The van der Waals surface area contributed by atoms with Crippen molar-refractivity contribution in [3.8, 4) is 0 Å². The lowest BCUT2D eigenvalue weighted by Crippen LogP contribution is -2.49.